The molecule has 2 aromatic rings. The van der Waals surface area contributed by atoms with E-state index in [0.717, 1.165) is 5.56 Å². The van der Waals surface area contributed by atoms with E-state index in [1.165, 1.54) is 19.2 Å². The van der Waals surface area contributed by atoms with Crippen molar-refractivity contribution in [1.82, 2.24) is 10.6 Å². The van der Waals surface area contributed by atoms with Crippen molar-refractivity contribution >= 4 is 23.5 Å². The lowest BCUT2D eigenvalue weighted by Gasteiger charge is -2.14. The van der Waals surface area contributed by atoms with Crippen molar-refractivity contribution in [3.05, 3.63) is 58.6 Å². The molecule has 156 valence electrons. The maximum Gasteiger partial charge on any atom is 0.321 e. The molecule has 0 aliphatic rings. The Balaban J connectivity index is 2.01. The lowest BCUT2D eigenvalue weighted by molar-refractivity contribution is 0.0963. The smallest absolute Gasteiger partial charge is 0.321 e. The van der Waals surface area contributed by atoms with E-state index < -0.39 is 11.9 Å². The minimum atomic E-state index is -0.635. The van der Waals surface area contributed by atoms with Gasteiger partial charge in [0.1, 0.15) is 6.61 Å². The van der Waals surface area contributed by atoms with Gasteiger partial charge in [-0.05, 0) is 25.0 Å². The number of nitrogens with one attached hydrogen (secondary N) is 2. The molecule has 0 fully saturated rings. The number of ether oxygens (including phenoxy) is 3. The molecule has 0 aliphatic carbocycles. The van der Waals surface area contributed by atoms with Crippen LogP contribution in [-0.2, 0) is 11.3 Å². The van der Waals surface area contributed by atoms with E-state index in [1.54, 1.807) is 0 Å². The number of halogens is 1. The van der Waals surface area contributed by atoms with E-state index >= 15 is 0 Å². The van der Waals surface area contributed by atoms with Crippen LogP contribution in [-0.4, -0.2) is 38.8 Å². The molecule has 2 rings (SSSR count). The third kappa shape index (κ3) is 7.29. The predicted octanol–water partition coefficient (Wildman–Crippen LogP) is 3.79. The van der Waals surface area contributed by atoms with Crippen LogP contribution in [0.5, 0.6) is 11.5 Å². The summed E-state index contributed by atoms with van der Waals surface area (Å²) in [5.41, 5.74) is 1.07. The van der Waals surface area contributed by atoms with Crippen LogP contribution in [0.4, 0.5) is 4.79 Å². The largest absolute Gasteiger partial charge is 0.493 e. The zero-order valence-corrected chi connectivity index (χ0v) is 17.3. The Bertz CT molecular complexity index is 814. The van der Waals surface area contributed by atoms with Crippen LogP contribution in [0.2, 0.25) is 5.02 Å². The molecule has 2 N–H and O–H groups in total. The minimum Gasteiger partial charge on any atom is -0.493 e. The molecule has 0 unspecified atom stereocenters. The first-order chi connectivity index (χ1) is 14.0. The second-order valence-electron chi connectivity index (χ2n) is 6.02. The SMILES string of the molecule is CCOCCCNC(=O)NC(=O)c1cc(OCc2ccccc2)c(OC)cc1Cl. The third-order valence-electron chi connectivity index (χ3n) is 3.92. The Labute approximate surface area is 175 Å². The van der Waals surface area contributed by atoms with Crippen LogP contribution in [0.1, 0.15) is 29.3 Å². The van der Waals surface area contributed by atoms with Gasteiger partial charge in [0, 0.05) is 25.8 Å². The first kappa shape index (κ1) is 22.5. The molecule has 0 spiro atoms. The average molecular weight is 421 g/mol. The number of benzene rings is 2. The molecule has 2 aromatic carbocycles. The fourth-order valence-electron chi connectivity index (χ4n) is 2.45. The number of imide groups is 1. The van der Waals surface area contributed by atoms with E-state index in [4.69, 9.17) is 25.8 Å². The highest BCUT2D eigenvalue weighted by molar-refractivity contribution is 6.34. The minimum absolute atomic E-state index is 0.111. The van der Waals surface area contributed by atoms with Gasteiger partial charge in [-0.3, -0.25) is 10.1 Å². The summed E-state index contributed by atoms with van der Waals surface area (Å²) in [6.45, 7) is 3.74. The van der Waals surface area contributed by atoms with Gasteiger partial charge in [-0.25, -0.2) is 4.79 Å². The van der Waals surface area contributed by atoms with Gasteiger partial charge in [-0.15, -0.1) is 0 Å². The summed E-state index contributed by atoms with van der Waals surface area (Å²) >= 11 is 6.19. The number of carbonyl (C=O) groups is 2. The number of rotatable bonds is 10. The summed E-state index contributed by atoms with van der Waals surface area (Å²) in [4.78, 5) is 24.4. The van der Waals surface area contributed by atoms with Gasteiger partial charge in [0.2, 0.25) is 0 Å². The summed E-state index contributed by atoms with van der Waals surface area (Å²) in [5, 5.41) is 5.00. The zero-order valence-electron chi connectivity index (χ0n) is 16.5. The van der Waals surface area contributed by atoms with Crippen LogP contribution in [0.15, 0.2) is 42.5 Å². The number of hydrogen-bond donors (Lipinski definition) is 2. The molecule has 8 heteroatoms. The van der Waals surface area contributed by atoms with Crippen LogP contribution >= 0.6 is 11.6 Å². The second-order valence-corrected chi connectivity index (χ2v) is 6.42. The summed E-state index contributed by atoms with van der Waals surface area (Å²) in [7, 11) is 1.48. The van der Waals surface area contributed by atoms with E-state index in [9.17, 15) is 9.59 Å². The average Bonchev–Trinajstić information content (AvgIpc) is 2.73. The van der Waals surface area contributed by atoms with E-state index in [0.29, 0.717) is 44.3 Å². The Kier molecular flexibility index (Phi) is 9.27. The second kappa shape index (κ2) is 11.9. The molecular formula is C21H25ClN2O5. The zero-order chi connectivity index (χ0) is 21.1. The quantitative estimate of drug-likeness (QED) is 0.571. The normalized spacial score (nSPS) is 10.3. The first-order valence-electron chi connectivity index (χ1n) is 9.26. The molecule has 0 heterocycles. The van der Waals surface area contributed by atoms with Gasteiger partial charge in [0.25, 0.3) is 5.91 Å². The maximum absolute atomic E-state index is 12.5. The molecule has 7 nitrogen and oxygen atoms in total. The Morgan fingerprint density at radius 1 is 1.10 bits per heavy atom. The number of carbonyl (C=O) groups excluding carboxylic acids is 2. The van der Waals surface area contributed by atoms with Crippen molar-refractivity contribution in [2.24, 2.45) is 0 Å². The third-order valence-corrected chi connectivity index (χ3v) is 4.23. The van der Waals surface area contributed by atoms with E-state index in [-0.39, 0.29) is 10.6 Å². The highest BCUT2D eigenvalue weighted by atomic mass is 35.5. The fraction of sp³-hybridized carbons (Fsp3) is 0.333. The topological polar surface area (TPSA) is 85.9 Å². The maximum atomic E-state index is 12.5. The van der Waals surface area contributed by atoms with Crippen molar-refractivity contribution in [3.8, 4) is 11.5 Å². The van der Waals surface area contributed by atoms with Crippen molar-refractivity contribution < 1.29 is 23.8 Å². The summed E-state index contributed by atoms with van der Waals surface area (Å²) in [6, 6.07) is 11.9. The first-order valence-corrected chi connectivity index (χ1v) is 9.64. The van der Waals surface area contributed by atoms with Gasteiger partial charge in [-0.2, -0.15) is 0 Å². The van der Waals surface area contributed by atoms with Crippen molar-refractivity contribution in [3.63, 3.8) is 0 Å². The summed E-state index contributed by atoms with van der Waals surface area (Å²) in [6.07, 6.45) is 0.649. The highest BCUT2D eigenvalue weighted by Crippen LogP contribution is 2.33. The number of urea groups is 1. The van der Waals surface area contributed by atoms with Crippen LogP contribution < -0.4 is 20.1 Å². The number of hydrogen-bond acceptors (Lipinski definition) is 5. The molecule has 0 saturated heterocycles. The molecule has 29 heavy (non-hydrogen) atoms. The van der Waals surface area contributed by atoms with Crippen molar-refractivity contribution in [1.29, 1.82) is 0 Å². The number of amides is 3. The van der Waals surface area contributed by atoms with Crippen LogP contribution in [0, 0.1) is 0 Å². The van der Waals surface area contributed by atoms with Gasteiger partial charge in [0.15, 0.2) is 11.5 Å². The molecule has 0 aromatic heterocycles. The molecule has 0 bridgehead atoms. The van der Waals surface area contributed by atoms with Gasteiger partial charge in [0.05, 0.1) is 17.7 Å². The van der Waals surface area contributed by atoms with Gasteiger partial charge >= 0.3 is 6.03 Å². The highest BCUT2D eigenvalue weighted by Gasteiger charge is 2.18. The lowest BCUT2D eigenvalue weighted by Crippen LogP contribution is -2.40. The Morgan fingerprint density at radius 2 is 1.86 bits per heavy atom. The van der Waals surface area contributed by atoms with Crippen molar-refractivity contribution in [2.45, 2.75) is 20.0 Å². The summed E-state index contributed by atoms with van der Waals surface area (Å²) < 4.78 is 16.3. The van der Waals surface area contributed by atoms with Crippen LogP contribution in [0.3, 0.4) is 0 Å². The van der Waals surface area contributed by atoms with E-state index in [2.05, 4.69) is 10.6 Å². The summed E-state index contributed by atoms with van der Waals surface area (Å²) in [5.74, 6) is 0.107. The van der Waals surface area contributed by atoms with Crippen LogP contribution in [0.25, 0.3) is 0 Å². The van der Waals surface area contributed by atoms with E-state index in [1.807, 2.05) is 37.3 Å². The Hall–Kier alpha value is -2.77. The standard InChI is InChI=1S/C21H25ClN2O5/c1-3-28-11-7-10-23-21(26)24-20(25)16-12-19(18(27-2)13-17(16)22)29-14-15-8-5-4-6-9-15/h4-6,8-9,12-13H,3,7,10-11,14H2,1-2H3,(H2,23,24,25,26). The van der Waals surface area contributed by atoms with Gasteiger partial charge in [-0.1, -0.05) is 41.9 Å². The molecular weight excluding hydrogens is 396 g/mol. The monoisotopic (exact) mass is 420 g/mol. The molecule has 0 atom stereocenters. The molecule has 0 radical (unpaired) electrons. The predicted molar refractivity (Wildman–Crippen MR) is 111 cm³/mol. The molecule has 3 amide bonds. The molecule has 0 aliphatic heterocycles. The number of methoxy groups -OCH3 is 1. The van der Waals surface area contributed by atoms with Gasteiger partial charge < -0.3 is 19.5 Å². The molecule has 0 saturated carbocycles. The van der Waals surface area contributed by atoms with Crippen molar-refractivity contribution in [2.75, 3.05) is 26.9 Å². The Morgan fingerprint density at radius 3 is 2.55 bits per heavy atom. The lowest BCUT2D eigenvalue weighted by atomic mass is 10.2. The fourth-order valence-corrected chi connectivity index (χ4v) is 2.69.